The molecule has 1 aromatic heterocycles. The largest absolute Gasteiger partial charge is 0.457 e. The number of fused-ring (bicyclic) bond motifs is 1. The first kappa shape index (κ1) is 20.2. The molecule has 1 fully saturated rings. The van der Waals surface area contributed by atoms with E-state index in [1.165, 1.54) is 0 Å². The number of carbonyl (C=O) groups is 1. The number of carbonyl (C=O) groups excluding carboxylic acids is 1. The van der Waals surface area contributed by atoms with E-state index in [9.17, 15) is 4.79 Å². The van der Waals surface area contributed by atoms with Crippen molar-refractivity contribution in [3.63, 3.8) is 0 Å². The van der Waals surface area contributed by atoms with Crippen molar-refractivity contribution in [2.24, 2.45) is 0 Å². The molecular weight excluding hydrogens is 411 g/mol. The third kappa shape index (κ3) is 4.42. The molecule has 0 bridgehead atoms. The summed E-state index contributed by atoms with van der Waals surface area (Å²) in [5, 5.41) is 1.000. The zero-order valence-corrected chi connectivity index (χ0v) is 18.0. The highest BCUT2D eigenvalue weighted by Gasteiger charge is 2.32. The van der Waals surface area contributed by atoms with Gasteiger partial charge in [0.15, 0.2) is 5.58 Å². The monoisotopic (exact) mass is 432 g/mol. The Bertz CT molecular complexity index is 1050. The molecule has 1 saturated heterocycles. The number of likely N-dealkylation sites (tertiary alicyclic amines) is 1. The number of halogens is 2. The number of nitrogens with zero attached hydrogens (tertiary/aromatic N) is 2. The molecule has 0 saturated carbocycles. The summed E-state index contributed by atoms with van der Waals surface area (Å²) in [5.41, 5.74) is 2.34. The highest BCUT2D eigenvalue weighted by atomic mass is 35.5. The summed E-state index contributed by atoms with van der Waals surface area (Å²) in [5.74, 6) is 0.0444. The van der Waals surface area contributed by atoms with Gasteiger partial charge in [-0.3, -0.25) is 4.90 Å². The Morgan fingerprint density at radius 1 is 1.17 bits per heavy atom. The van der Waals surface area contributed by atoms with E-state index in [-0.39, 0.29) is 17.6 Å². The first-order chi connectivity index (χ1) is 13.7. The molecule has 5 nitrogen and oxygen atoms in total. The molecule has 2 aromatic carbocycles. The van der Waals surface area contributed by atoms with E-state index in [1.807, 2.05) is 0 Å². The van der Waals surface area contributed by atoms with Crippen LogP contribution in [0, 0.1) is 0 Å². The van der Waals surface area contributed by atoms with Gasteiger partial charge in [-0.2, -0.15) is 0 Å². The topological polar surface area (TPSA) is 55.6 Å². The molecule has 29 heavy (non-hydrogen) atoms. The van der Waals surface area contributed by atoms with E-state index in [2.05, 4.69) is 30.7 Å². The third-order valence-corrected chi connectivity index (χ3v) is 5.54. The van der Waals surface area contributed by atoms with Gasteiger partial charge in [0.05, 0.1) is 5.56 Å². The number of benzene rings is 2. The van der Waals surface area contributed by atoms with Crippen molar-refractivity contribution in [1.29, 1.82) is 0 Å². The molecule has 1 aliphatic heterocycles. The molecular formula is C22H22Cl2N2O3. The van der Waals surface area contributed by atoms with Gasteiger partial charge >= 0.3 is 5.97 Å². The lowest BCUT2D eigenvalue weighted by Crippen LogP contribution is -2.40. The zero-order valence-electron chi connectivity index (χ0n) is 16.5. The van der Waals surface area contributed by atoms with Crippen LogP contribution in [0.25, 0.3) is 22.6 Å². The van der Waals surface area contributed by atoms with Gasteiger partial charge in [0.25, 0.3) is 0 Å². The lowest BCUT2D eigenvalue weighted by Gasteiger charge is -2.31. The maximum absolute atomic E-state index is 12.6. The normalized spacial score (nSPS) is 17.8. The Morgan fingerprint density at radius 2 is 1.90 bits per heavy atom. The lowest BCUT2D eigenvalue weighted by atomic mass is 10.1. The number of hydrogen-bond donors (Lipinski definition) is 0. The van der Waals surface area contributed by atoms with Crippen LogP contribution < -0.4 is 0 Å². The van der Waals surface area contributed by atoms with Crippen molar-refractivity contribution in [3.05, 3.63) is 52.0 Å². The summed E-state index contributed by atoms with van der Waals surface area (Å²) >= 11 is 12.1. The average Bonchev–Trinajstić information content (AvgIpc) is 3.26. The second-order valence-corrected chi connectivity index (χ2v) is 9.17. The number of hydrogen-bond acceptors (Lipinski definition) is 5. The number of rotatable bonds is 3. The fourth-order valence-electron chi connectivity index (χ4n) is 3.51. The van der Waals surface area contributed by atoms with E-state index in [4.69, 9.17) is 32.4 Å². The maximum atomic E-state index is 12.6. The van der Waals surface area contributed by atoms with Crippen molar-refractivity contribution < 1.29 is 13.9 Å². The van der Waals surface area contributed by atoms with Crippen molar-refractivity contribution in [2.45, 2.75) is 38.8 Å². The Kier molecular flexibility index (Phi) is 5.32. The predicted molar refractivity (Wildman–Crippen MR) is 115 cm³/mol. The highest BCUT2D eigenvalue weighted by molar-refractivity contribution is 6.35. The van der Waals surface area contributed by atoms with Gasteiger partial charge in [-0.25, -0.2) is 9.78 Å². The van der Waals surface area contributed by atoms with Gasteiger partial charge in [0.2, 0.25) is 5.89 Å². The summed E-state index contributed by atoms with van der Waals surface area (Å²) in [7, 11) is 0. The van der Waals surface area contributed by atoms with Crippen LogP contribution >= 0.6 is 23.2 Å². The van der Waals surface area contributed by atoms with E-state index < -0.39 is 0 Å². The van der Waals surface area contributed by atoms with Crippen molar-refractivity contribution in [1.82, 2.24) is 9.88 Å². The van der Waals surface area contributed by atoms with Crippen LogP contribution in [-0.2, 0) is 4.74 Å². The van der Waals surface area contributed by atoms with Crippen LogP contribution in [0.1, 0.15) is 37.6 Å². The zero-order chi connectivity index (χ0) is 20.8. The Hall–Kier alpha value is -2.08. The summed E-state index contributed by atoms with van der Waals surface area (Å²) in [6, 6.07) is 10.2. The molecule has 0 aliphatic carbocycles. The first-order valence-electron chi connectivity index (χ1n) is 9.52. The number of oxazole rings is 1. The number of aromatic nitrogens is 1. The fourth-order valence-corrected chi connectivity index (χ4v) is 4.03. The number of esters is 1. The molecule has 3 aromatic rings. The number of ether oxygens (including phenoxy) is 1. The Morgan fingerprint density at radius 3 is 2.55 bits per heavy atom. The van der Waals surface area contributed by atoms with Gasteiger partial charge in [0, 0.05) is 34.2 Å². The summed E-state index contributed by atoms with van der Waals surface area (Å²) < 4.78 is 11.6. The van der Waals surface area contributed by atoms with Crippen LogP contribution in [0.15, 0.2) is 40.8 Å². The van der Waals surface area contributed by atoms with Crippen LogP contribution in [0.5, 0.6) is 0 Å². The quantitative estimate of drug-likeness (QED) is 0.487. The van der Waals surface area contributed by atoms with E-state index in [1.54, 1.807) is 36.4 Å². The molecule has 1 aliphatic rings. The van der Waals surface area contributed by atoms with Gasteiger partial charge in [-0.15, -0.1) is 0 Å². The van der Waals surface area contributed by atoms with Gasteiger partial charge in [0.1, 0.15) is 11.6 Å². The molecule has 152 valence electrons. The van der Waals surface area contributed by atoms with Crippen molar-refractivity contribution >= 4 is 40.3 Å². The molecule has 7 heteroatoms. The summed E-state index contributed by atoms with van der Waals surface area (Å²) in [4.78, 5) is 19.4. The van der Waals surface area contributed by atoms with E-state index >= 15 is 0 Å². The van der Waals surface area contributed by atoms with Crippen molar-refractivity contribution in [2.75, 3.05) is 13.1 Å². The minimum atomic E-state index is -0.351. The molecule has 2 heterocycles. The standard InChI is InChI=1S/C22H22Cl2N2O3/c1-22(2,3)26-7-6-17(12-26)28-21(27)13-4-5-18-19(10-13)29-20(25-18)14-8-15(23)11-16(24)9-14/h4-5,8-11,17H,6-7,12H2,1-3H3. The second-order valence-electron chi connectivity index (χ2n) is 8.29. The molecule has 0 radical (unpaired) electrons. The Balaban J connectivity index is 1.52. The lowest BCUT2D eigenvalue weighted by molar-refractivity contribution is 0.0294. The van der Waals surface area contributed by atoms with Crippen molar-refractivity contribution in [3.8, 4) is 11.5 Å². The molecule has 1 unspecified atom stereocenters. The highest BCUT2D eigenvalue weighted by Crippen LogP contribution is 2.30. The van der Waals surface area contributed by atoms with Crippen LogP contribution in [0.4, 0.5) is 0 Å². The minimum absolute atomic E-state index is 0.0690. The molecule has 0 amide bonds. The Labute approximate surface area is 179 Å². The molecule has 0 spiro atoms. The second kappa shape index (κ2) is 7.63. The van der Waals surface area contributed by atoms with Crippen LogP contribution in [0.3, 0.4) is 0 Å². The van der Waals surface area contributed by atoms with Gasteiger partial charge in [-0.05, 0) is 63.6 Å². The SMILES string of the molecule is CC(C)(C)N1CCC(OC(=O)c2ccc3nc(-c4cc(Cl)cc(Cl)c4)oc3c2)C1. The molecule has 1 atom stereocenters. The summed E-state index contributed by atoms with van der Waals surface area (Å²) in [6.07, 6.45) is 0.740. The fraction of sp³-hybridized carbons (Fsp3) is 0.364. The first-order valence-corrected chi connectivity index (χ1v) is 10.3. The smallest absolute Gasteiger partial charge is 0.338 e. The predicted octanol–water partition coefficient (Wildman–Crippen LogP) is 5.83. The molecule has 4 rings (SSSR count). The maximum Gasteiger partial charge on any atom is 0.338 e. The minimum Gasteiger partial charge on any atom is -0.457 e. The van der Waals surface area contributed by atoms with Gasteiger partial charge in [-0.1, -0.05) is 23.2 Å². The van der Waals surface area contributed by atoms with Crippen LogP contribution in [-0.4, -0.2) is 40.6 Å². The third-order valence-electron chi connectivity index (χ3n) is 5.10. The summed E-state index contributed by atoms with van der Waals surface area (Å²) in [6.45, 7) is 8.17. The van der Waals surface area contributed by atoms with E-state index in [0.717, 1.165) is 19.5 Å². The van der Waals surface area contributed by atoms with E-state index in [0.29, 0.717) is 38.2 Å². The molecule has 0 N–H and O–H groups in total. The van der Waals surface area contributed by atoms with Gasteiger partial charge < -0.3 is 9.15 Å². The average molecular weight is 433 g/mol. The van der Waals surface area contributed by atoms with Crippen LogP contribution in [0.2, 0.25) is 10.0 Å².